The van der Waals surface area contributed by atoms with E-state index in [1.807, 2.05) is 37.2 Å². The first-order valence-electron chi connectivity index (χ1n) is 7.50. The van der Waals surface area contributed by atoms with Crippen LogP contribution in [0.2, 0.25) is 0 Å². The highest BCUT2D eigenvalue weighted by atomic mass is 32.1. The van der Waals surface area contributed by atoms with Crippen molar-refractivity contribution < 1.29 is 0 Å². The molecule has 0 radical (unpaired) electrons. The van der Waals surface area contributed by atoms with Gasteiger partial charge in [-0.05, 0) is 0 Å². The number of hydrogen-bond donors (Lipinski definition) is 0. The van der Waals surface area contributed by atoms with Crippen LogP contribution >= 0.6 is 11.3 Å². The van der Waals surface area contributed by atoms with Crippen molar-refractivity contribution in [1.82, 2.24) is 24.7 Å². The summed E-state index contributed by atoms with van der Waals surface area (Å²) in [6, 6.07) is 0. The number of aromatic nitrogens is 5. The number of anilines is 2. The highest BCUT2D eigenvalue weighted by Crippen LogP contribution is 2.22. The first-order chi connectivity index (χ1) is 11.3. The summed E-state index contributed by atoms with van der Waals surface area (Å²) in [5.74, 6) is 0.921. The molecule has 3 aromatic heterocycles. The Morgan fingerprint density at radius 1 is 1.04 bits per heavy atom. The number of hydrogen-bond acceptors (Lipinski definition) is 7. The Labute approximate surface area is 138 Å². The zero-order valence-electron chi connectivity index (χ0n) is 12.8. The van der Waals surface area contributed by atoms with Gasteiger partial charge >= 0.3 is 0 Å². The number of aryl methyl sites for hydroxylation is 1. The van der Waals surface area contributed by atoms with Crippen LogP contribution in [0.3, 0.4) is 0 Å². The quantitative estimate of drug-likeness (QED) is 0.729. The van der Waals surface area contributed by atoms with Crippen LogP contribution < -0.4 is 9.80 Å². The normalized spacial score (nSPS) is 15.2. The molecule has 0 amide bonds. The Kier molecular flexibility index (Phi) is 3.66. The Bertz CT molecular complexity index is 775. The molecule has 0 aromatic carbocycles. The van der Waals surface area contributed by atoms with E-state index in [1.54, 1.807) is 22.2 Å². The number of piperazine rings is 1. The van der Waals surface area contributed by atoms with Gasteiger partial charge in [-0.15, -0.1) is 11.3 Å². The Morgan fingerprint density at radius 2 is 1.87 bits per heavy atom. The van der Waals surface area contributed by atoms with E-state index in [0.717, 1.165) is 48.4 Å². The third kappa shape index (κ3) is 2.89. The van der Waals surface area contributed by atoms with Crippen molar-refractivity contribution in [2.24, 2.45) is 7.05 Å². The van der Waals surface area contributed by atoms with Crippen LogP contribution in [0, 0.1) is 0 Å². The summed E-state index contributed by atoms with van der Waals surface area (Å²) in [6.07, 6.45) is 9.24. The molecule has 1 aliphatic heterocycles. The number of thiazole rings is 1. The first kappa shape index (κ1) is 14.1. The lowest BCUT2D eigenvalue weighted by atomic mass is 10.2. The summed E-state index contributed by atoms with van der Waals surface area (Å²) < 4.78 is 1.77. The van der Waals surface area contributed by atoms with Crippen LogP contribution in [0.5, 0.6) is 0 Å². The van der Waals surface area contributed by atoms with E-state index in [0.29, 0.717) is 0 Å². The van der Waals surface area contributed by atoms with Gasteiger partial charge in [-0.1, -0.05) is 0 Å². The van der Waals surface area contributed by atoms with E-state index >= 15 is 0 Å². The minimum absolute atomic E-state index is 0.859. The maximum absolute atomic E-state index is 4.75. The molecule has 4 heterocycles. The van der Waals surface area contributed by atoms with Gasteiger partial charge < -0.3 is 9.80 Å². The van der Waals surface area contributed by atoms with Gasteiger partial charge in [0.2, 0.25) is 0 Å². The highest BCUT2D eigenvalue weighted by molar-refractivity contribution is 7.13. The molecule has 0 unspecified atom stereocenters. The van der Waals surface area contributed by atoms with E-state index in [2.05, 4.69) is 24.9 Å². The fraction of sp³-hybridized carbons (Fsp3) is 0.333. The van der Waals surface area contributed by atoms with Crippen molar-refractivity contribution in [1.29, 1.82) is 0 Å². The predicted octanol–water partition coefficient (Wildman–Crippen LogP) is 1.66. The summed E-state index contributed by atoms with van der Waals surface area (Å²) in [5.41, 5.74) is 1.85. The van der Waals surface area contributed by atoms with E-state index in [9.17, 15) is 0 Å². The molecule has 23 heavy (non-hydrogen) atoms. The summed E-state index contributed by atoms with van der Waals surface area (Å²) >= 11 is 1.69. The standard InChI is InChI=1S/C15H17N7S/c1-20-11-12(8-18-20)13-9-16-10-14(19-13)21-3-5-22(6-4-21)15-17-2-7-23-15/h2,7-11H,3-6H2,1H3. The fourth-order valence-corrected chi connectivity index (χ4v) is 3.40. The van der Waals surface area contributed by atoms with Crippen molar-refractivity contribution >= 4 is 22.3 Å². The third-order valence-corrected chi connectivity index (χ3v) is 4.75. The maximum atomic E-state index is 4.75. The number of rotatable bonds is 3. The molecule has 1 saturated heterocycles. The summed E-state index contributed by atoms with van der Waals surface area (Å²) in [5, 5.41) is 7.31. The molecule has 3 aromatic rings. The molecular weight excluding hydrogens is 310 g/mol. The lowest BCUT2D eigenvalue weighted by molar-refractivity contribution is 0.645. The molecule has 0 bridgehead atoms. The Hall–Kier alpha value is -2.48. The average Bonchev–Trinajstić information content (AvgIpc) is 3.27. The predicted molar refractivity (Wildman–Crippen MR) is 90.8 cm³/mol. The summed E-state index contributed by atoms with van der Waals surface area (Å²) in [6.45, 7) is 3.74. The average molecular weight is 327 g/mol. The highest BCUT2D eigenvalue weighted by Gasteiger charge is 2.20. The van der Waals surface area contributed by atoms with Gasteiger partial charge in [-0.25, -0.2) is 9.97 Å². The molecule has 4 rings (SSSR count). The zero-order valence-corrected chi connectivity index (χ0v) is 13.6. The van der Waals surface area contributed by atoms with E-state index in [4.69, 9.17) is 4.98 Å². The molecule has 0 N–H and O–H groups in total. The molecule has 0 atom stereocenters. The molecule has 0 spiro atoms. The summed E-state index contributed by atoms with van der Waals surface area (Å²) in [7, 11) is 1.90. The molecule has 7 nitrogen and oxygen atoms in total. The van der Waals surface area contributed by atoms with Crippen LogP contribution in [0.1, 0.15) is 0 Å². The third-order valence-electron chi connectivity index (χ3n) is 3.92. The smallest absolute Gasteiger partial charge is 0.185 e. The van der Waals surface area contributed by atoms with Crippen molar-refractivity contribution in [2.45, 2.75) is 0 Å². The molecule has 1 aliphatic rings. The van der Waals surface area contributed by atoms with Gasteiger partial charge in [0, 0.05) is 56.6 Å². The second kappa shape index (κ2) is 5.96. The van der Waals surface area contributed by atoms with Crippen LogP contribution in [0.15, 0.2) is 36.4 Å². The van der Waals surface area contributed by atoms with Crippen molar-refractivity contribution in [3.05, 3.63) is 36.4 Å². The molecule has 1 fully saturated rings. The molecule has 0 saturated carbocycles. The minimum Gasteiger partial charge on any atom is -0.352 e. The van der Waals surface area contributed by atoms with Gasteiger partial charge in [0.15, 0.2) is 5.13 Å². The van der Waals surface area contributed by atoms with Crippen molar-refractivity contribution in [3.8, 4) is 11.3 Å². The molecule has 118 valence electrons. The zero-order chi connectivity index (χ0) is 15.6. The monoisotopic (exact) mass is 327 g/mol. The SMILES string of the molecule is Cn1cc(-c2cncc(N3CCN(c4nccs4)CC3)n2)cn1. The molecule has 0 aliphatic carbocycles. The largest absolute Gasteiger partial charge is 0.352 e. The van der Waals surface area contributed by atoms with Crippen molar-refractivity contribution in [3.63, 3.8) is 0 Å². The van der Waals surface area contributed by atoms with Gasteiger partial charge in [-0.3, -0.25) is 9.67 Å². The number of nitrogens with zero attached hydrogens (tertiary/aromatic N) is 7. The second-order valence-corrected chi connectivity index (χ2v) is 6.33. The maximum Gasteiger partial charge on any atom is 0.185 e. The Balaban J connectivity index is 1.49. The topological polar surface area (TPSA) is 63.0 Å². The molecular formula is C15H17N7S. The minimum atomic E-state index is 0.859. The van der Waals surface area contributed by atoms with Gasteiger partial charge in [-0.2, -0.15) is 5.10 Å². The van der Waals surface area contributed by atoms with Crippen molar-refractivity contribution in [2.75, 3.05) is 36.0 Å². The van der Waals surface area contributed by atoms with Crippen LogP contribution in [0.4, 0.5) is 10.9 Å². The van der Waals surface area contributed by atoms with E-state index < -0.39 is 0 Å². The van der Waals surface area contributed by atoms with E-state index in [1.165, 1.54) is 0 Å². The lowest BCUT2D eigenvalue weighted by Crippen LogP contribution is -2.46. The van der Waals surface area contributed by atoms with Gasteiger partial charge in [0.1, 0.15) is 5.82 Å². The molecule has 8 heteroatoms. The van der Waals surface area contributed by atoms with Crippen LogP contribution in [-0.2, 0) is 7.05 Å². The van der Waals surface area contributed by atoms with Crippen LogP contribution in [-0.4, -0.2) is 50.9 Å². The van der Waals surface area contributed by atoms with E-state index in [-0.39, 0.29) is 0 Å². The van der Waals surface area contributed by atoms with Gasteiger partial charge in [0.05, 0.1) is 24.3 Å². The first-order valence-corrected chi connectivity index (χ1v) is 8.38. The summed E-state index contributed by atoms with van der Waals surface area (Å²) in [4.78, 5) is 18.1. The lowest BCUT2D eigenvalue weighted by Gasteiger charge is -2.35. The van der Waals surface area contributed by atoms with Gasteiger partial charge in [0.25, 0.3) is 0 Å². The fourth-order valence-electron chi connectivity index (χ4n) is 2.70. The van der Waals surface area contributed by atoms with Crippen LogP contribution in [0.25, 0.3) is 11.3 Å². The second-order valence-electron chi connectivity index (χ2n) is 5.45. The Morgan fingerprint density at radius 3 is 2.57 bits per heavy atom.